The standard InChI is InChI=1S/C11H19N2O2P/c1-9-7-11(12-15-9)14-8-10-3-5-13(16-2)6-4-10/h7,10,16H,3-6,8H2,1-2H3. The van der Waals surface area contributed by atoms with Gasteiger partial charge in [0.25, 0.3) is 5.88 Å². The Morgan fingerprint density at radius 3 is 2.88 bits per heavy atom. The van der Waals surface area contributed by atoms with Crippen molar-refractivity contribution in [2.75, 3.05) is 26.4 Å². The number of aromatic nitrogens is 1. The minimum Gasteiger partial charge on any atom is -0.475 e. The average molecular weight is 242 g/mol. The van der Waals surface area contributed by atoms with Gasteiger partial charge in [0.15, 0.2) is 0 Å². The van der Waals surface area contributed by atoms with Gasteiger partial charge in [0, 0.05) is 19.2 Å². The molecule has 0 aliphatic carbocycles. The molecular weight excluding hydrogens is 223 g/mol. The van der Waals surface area contributed by atoms with E-state index in [2.05, 4.69) is 16.5 Å². The van der Waals surface area contributed by atoms with Crippen LogP contribution in [0.15, 0.2) is 10.6 Å². The molecule has 0 N–H and O–H groups in total. The van der Waals surface area contributed by atoms with Gasteiger partial charge in [-0.15, -0.1) is 0 Å². The zero-order chi connectivity index (χ0) is 11.4. The molecule has 0 amide bonds. The number of ether oxygens (including phenoxy) is 1. The highest BCUT2D eigenvalue weighted by Gasteiger charge is 2.18. The van der Waals surface area contributed by atoms with Gasteiger partial charge in [-0.05, 0) is 37.5 Å². The summed E-state index contributed by atoms with van der Waals surface area (Å²) in [7, 11) is 0.940. The molecule has 5 heteroatoms. The SMILES string of the molecule is CPN1CCC(COc2cc(C)on2)CC1. The van der Waals surface area contributed by atoms with Crippen molar-refractivity contribution in [3.8, 4) is 5.88 Å². The molecule has 90 valence electrons. The van der Waals surface area contributed by atoms with E-state index in [9.17, 15) is 0 Å². The molecule has 0 aromatic carbocycles. The first-order valence-corrected chi connectivity index (χ1v) is 7.21. The van der Waals surface area contributed by atoms with E-state index in [1.165, 1.54) is 25.9 Å². The zero-order valence-corrected chi connectivity index (χ0v) is 10.9. The lowest BCUT2D eigenvalue weighted by atomic mass is 9.99. The van der Waals surface area contributed by atoms with Crippen LogP contribution in [0.5, 0.6) is 5.88 Å². The maximum absolute atomic E-state index is 5.61. The van der Waals surface area contributed by atoms with Crippen molar-refractivity contribution in [2.45, 2.75) is 19.8 Å². The second kappa shape index (κ2) is 5.65. The summed E-state index contributed by atoms with van der Waals surface area (Å²) in [5.41, 5.74) is 0. The van der Waals surface area contributed by atoms with Gasteiger partial charge in [0.1, 0.15) is 5.76 Å². The quantitative estimate of drug-likeness (QED) is 0.759. The summed E-state index contributed by atoms with van der Waals surface area (Å²) in [5, 5.41) is 3.83. The van der Waals surface area contributed by atoms with Crippen LogP contribution in [-0.2, 0) is 0 Å². The summed E-state index contributed by atoms with van der Waals surface area (Å²) in [6.07, 6.45) is 2.47. The van der Waals surface area contributed by atoms with Crippen LogP contribution in [0.4, 0.5) is 0 Å². The number of piperidine rings is 1. The van der Waals surface area contributed by atoms with Gasteiger partial charge in [-0.1, -0.05) is 8.73 Å². The first kappa shape index (κ1) is 11.9. The van der Waals surface area contributed by atoms with E-state index in [1.54, 1.807) is 0 Å². The third-order valence-electron chi connectivity index (χ3n) is 3.00. The lowest BCUT2D eigenvalue weighted by Gasteiger charge is -2.30. The molecule has 1 fully saturated rings. The Kier molecular flexibility index (Phi) is 4.19. The van der Waals surface area contributed by atoms with E-state index in [-0.39, 0.29) is 0 Å². The Morgan fingerprint density at radius 2 is 2.31 bits per heavy atom. The molecule has 1 atom stereocenters. The molecular formula is C11H19N2O2P. The Morgan fingerprint density at radius 1 is 1.56 bits per heavy atom. The Bertz CT molecular complexity index is 322. The zero-order valence-electron chi connectivity index (χ0n) is 9.90. The Hall–Kier alpha value is -0.600. The summed E-state index contributed by atoms with van der Waals surface area (Å²) in [6, 6.07) is 1.84. The summed E-state index contributed by atoms with van der Waals surface area (Å²) < 4.78 is 13.1. The average Bonchev–Trinajstić information content (AvgIpc) is 2.73. The van der Waals surface area contributed by atoms with E-state index >= 15 is 0 Å². The highest BCUT2D eigenvalue weighted by atomic mass is 31.1. The molecule has 0 saturated carbocycles. The summed E-state index contributed by atoms with van der Waals surface area (Å²) in [4.78, 5) is 0. The van der Waals surface area contributed by atoms with Gasteiger partial charge < -0.3 is 9.26 Å². The van der Waals surface area contributed by atoms with Crippen LogP contribution in [0.2, 0.25) is 0 Å². The largest absolute Gasteiger partial charge is 0.475 e. The third-order valence-corrected chi connectivity index (χ3v) is 4.08. The predicted octanol–water partition coefficient (Wildman–Crippen LogP) is 2.30. The van der Waals surface area contributed by atoms with Gasteiger partial charge in [-0.3, -0.25) is 4.67 Å². The molecule has 1 unspecified atom stereocenters. The van der Waals surface area contributed by atoms with Gasteiger partial charge in [0.05, 0.1) is 6.61 Å². The number of hydrogen-bond acceptors (Lipinski definition) is 4. The molecule has 1 aromatic heterocycles. The van der Waals surface area contributed by atoms with Crippen molar-refractivity contribution in [1.82, 2.24) is 9.83 Å². The molecule has 0 bridgehead atoms. The number of rotatable bonds is 4. The fraction of sp³-hybridized carbons (Fsp3) is 0.727. The minimum absolute atomic E-state index is 0.622. The van der Waals surface area contributed by atoms with Gasteiger partial charge in [-0.25, -0.2) is 0 Å². The fourth-order valence-electron chi connectivity index (χ4n) is 1.94. The highest BCUT2D eigenvalue weighted by molar-refractivity contribution is 7.34. The molecule has 4 nitrogen and oxygen atoms in total. The van der Waals surface area contributed by atoms with E-state index < -0.39 is 0 Å². The van der Waals surface area contributed by atoms with Crippen LogP contribution in [0.1, 0.15) is 18.6 Å². The number of hydrogen-bond donors (Lipinski definition) is 0. The molecule has 0 radical (unpaired) electrons. The first-order chi connectivity index (χ1) is 7.78. The lowest BCUT2D eigenvalue weighted by Crippen LogP contribution is -2.30. The molecule has 2 rings (SSSR count). The minimum atomic E-state index is 0.622. The van der Waals surface area contributed by atoms with Crippen LogP contribution in [0, 0.1) is 12.8 Å². The molecule has 2 heterocycles. The number of nitrogens with zero attached hydrogens (tertiary/aromatic N) is 2. The van der Waals surface area contributed by atoms with E-state index in [4.69, 9.17) is 9.26 Å². The van der Waals surface area contributed by atoms with Gasteiger partial charge in [0.2, 0.25) is 0 Å². The molecule has 1 aliphatic heterocycles. The lowest BCUT2D eigenvalue weighted by molar-refractivity contribution is 0.178. The Labute approximate surface area is 98.2 Å². The molecule has 0 spiro atoms. The van der Waals surface area contributed by atoms with Crippen molar-refractivity contribution in [3.63, 3.8) is 0 Å². The molecule has 1 aromatic rings. The monoisotopic (exact) mass is 242 g/mol. The molecule has 16 heavy (non-hydrogen) atoms. The smallest absolute Gasteiger partial charge is 0.254 e. The second-order valence-electron chi connectivity index (χ2n) is 4.24. The van der Waals surface area contributed by atoms with Crippen molar-refractivity contribution < 1.29 is 9.26 Å². The third kappa shape index (κ3) is 3.19. The Balaban J connectivity index is 1.71. The van der Waals surface area contributed by atoms with E-state index in [0.29, 0.717) is 11.8 Å². The van der Waals surface area contributed by atoms with E-state index in [0.717, 1.165) is 21.1 Å². The molecule has 1 aliphatic rings. The van der Waals surface area contributed by atoms with Crippen LogP contribution < -0.4 is 4.74 Å². The summed E-state index contributed by atoms with van der Waals surface area (Å²) >= 11 is 0. The fourth-order valence-corrected chi connectivity index (χ4v) is 2.64. The van der Waals surface area contributed by atoms with Crippen molar-refractivity contribution in [2.24, 2.45) is 5.92 Å². The maximum atomic E-state index is 5.61. The maximum Gasteiger partial charge on any atom is 0.254 e. The topological polar surface area (TPSA) is 38.5 Å². The van der Waals surface area contributed by atoms with E-state index in [1.807, 2.05) is 13.0 Å². The van der Waals surface area contributed by atoms with Crippen molar-refractivity contribution in [3.05, 3.63) is 11.8 Å². The summed E-state index contributed by atoms with van der Waals surface area (Å²) in [5.74, 6) is 2.10. The van der Waals surface area contributed by atoms with Crippen LogP contribution in [0.25, 0.3) is 0 Å². The highest BCUT2D eigenvalue weighted by Crippen LogP contribution is 2.24. The number of aryl methyl sites for hydroxylation is 1. The van der Waals surface area contributed by atoms with Gasteiger partial charge in [-0.2, -0.15) is 0 Å². The van der Waals surface area contributed by atoms with Crippen LogP contribution in [0.3, 0.4) is 0 Å². The van der Waals surface area contributed by atoms with Crippen LogP contribution in [-0.4, -0.2) is 36.2 Å². The van der Waals surface area contributed by atoms with Crippen LogP contribution >= 0.6 is 8.73 Å². The first-order valence-electron chi connectivity index (χ1n) is 5.76. The second-order valence-corrected chi connectivity index (χ2v) is 5.32. The van der Waals surface area contributed by atoms with Gasteiger partial charge >= 0.3 is 0 Å². The van der Waals surface area contributed by atoms with Crippen molar-refractivity contribution >= 4 is 8.73 Å². The molecule has 1 saturated heterocycles. The predicted molar refractivity (Wildman–Crippen MR) is 65.3 cm³/mol. The normalized spacial score (nSPS) is 19.6. The van der Waals surface area contributed by atoms with Crippen molar-refractivity contribution in [1.29, 1.82) is 0 Å². The summed E-state index contributed by atoms with van der Waals surface area (Å²) in [6.45, 7) is 7.31.